The fourth-order valence-electron chi connectivity index (χ4n) is 4.43. The molecule has 0 bridgehead atoms. The van der Waals surface area contributed by atoms with E-state index >= 15 is 0 Å². The molecule has 4 nitrogen and oxygen atoms in total. The third-order valence-corrected chi connectivity index (χ3v) is 7.91. The lowest BCUT2D eigenvalue weighted by molar-refractivity contribution is -0.133. The average Bonchev–Trinajstić information content (AvgIpc) is 3.38. The third kappa shape index (κ3) is 6.84. The highest BCUT2D eigenvalue weighted by Gasteiger charge is 2.30. The van der Waals surface area contributed by atoms with Gasteiger partial charge in [-0.1, -0.05) is 60.7 Å². The van der Waals surface area contributed by atoms with Crippen LogP contribution in [0.2, 0.25) is 10.0 Å². The predicted molar refractivity (Wildman–Crippen MR) is 139 cm³/mol. The number of hydrogen-bond donors (Lipinski definition) is 0. The van der Waals surface area contributed by atoms with Crippen LogP contribution in [0.1, 0.15) is 52.9 Å². The zero-order valence-corrected chi connectivity index (χ0v) is 21.6. The van der Waals surface area contributed by atoms with Gasteiger partial charge in [-0.3, -0.25) is 9.59 Å². The number of rotatable bonds is 8. The second kappa shape index (κ2) is 12.0. The van der Waals surface area contributed by atoms with Crippen LogP contribution in [0.5, 0.6) is 0 Å². The molecule has 0 spiro atoms. The van der Waals surface area contributed by atoms with E-state index in [0.29, 0.717) is 28.7 Å². The van der Waals surface area contributed by atoms with E-state index in [9.17, 15) is 14.0 Å². The third-order valence-electron chi connectivity index (χ3n) is 6.31. The van der Waals surface area contributed by atoms with E-state index in [1.807, 2.05) is 17.5 Å². The van der Waals surface area contributed by atoms with Crippen LogP contribution < -0.4 is 0 Å². The van der Waals surface area contributed by atoms with E-state index in [1.165, 1.54) is 12.1 Å². The second-order valence-corrected chi connectivity index (χ2v) is 10.7. The lowest BCUT2D eigenvalue weighted by Crippen LogP contribution is -2.48. The fraction of sp³-hybridized carbons (Fsp3) is 0.333. The van der Waals surface area contributed by atoms with Crippen molar-refractivity contribution in [3.05, 3.63) is 91.8 Å². The van der Waals surface area contributed by atoms with Gasteiger partial charge in [0.25, 0.3) is 5.91 Å². The van der Waals surface area contributed by atoms with E-state index in [0.717, 1.165) is 42.5 Å². The summed E-state index contributed by atoms with van der Waals surface area (Å²) in [7, 11) is 0. The molecule has 0 radical (unpaired) electrons. The highest BCUT2D eigenvalue weighted by molar-refractivity contribution is 7.09. The summed E-state index contributed by atoms with van der Waals surface area (Å²) in [5.41, 5.74) is 1.25. The van der Waals surface area contributed by atoms with Gasteiger partial charge in [0, 0.05) is 23.0 Å². The van der Waals surface area contributed by atoms with E-state index in [1.54, 1.807) is 51.5 Å². The van der Waals surface area contributed by atoms with E-state index in [2.05, 4.69) is 0 Å². The minimum atomic E-state index is -0.319. The molecule has 8 heteroatoms. The first-order valence-electron chi connectivity index (χ1n) is 11.7. The lowest BCUT2D eigenvalue weighted by atomic mass is 9.93. The highest BCUT2D eigenvalue weighted by atomic mass is 35.5. The number of thiophene rings is 1. The Bertz CT molecular complexity index is 1150. The number of benzene rings is 2. The summed E-state index contributed by atoms with van der Waals surface area (Å²) < 4.78 is 13.4. The lowest BCUT2D eigenvalue weighted by Gasteiger charge is -2.35. The number of amides is 2. The molecule has 1 saturated carbocycles. The summed E-state index contributed by atoms with van der Waals surface area (Å²) in [4.78, 5) is 31.7. The van der Waals surface area contributed by atoms with Crippen molar-refractivity contribution >= 4 is 46.4 Å². The van der Waals surface area contributed by atoms with Crippen LogP contribution in [0.4, 0.5) is 4.39 Å². The van der Waals surface area contributed by atoms with Gasteiger partial charge in [-0.15, -0.1) is 11.3 Å². The normalized spacial score (nSPS) is 14.0. The molecular weight excluding hydrogens is 506 g/mol. The molecule has 3 aromatic rings. The zero-order valence-electron chi connectivity index (χ0n) is 19.3. The monoisotopic (exact) mass is 532 g/mol. The van der Waals surface area contributed by atoms with Gasteiger partial charge in [0.2, 0.25) is 5.91 Å². The van der Waals surface area contributed by atoms with Gasteiger partial charge < -0.3 is 9.80 Å². The molecule has 0 N–H and O–H groups in total. The summed E-state index contributed by atoms with van der Waals surface area (Å²) in [6.45, 7) is 0.722. The van der Waals surface area contributed by atoms with Crippen molar-refractivity contribution in [2.24, 2.45) is 0 Å². The highest BCUT2D eigenvalue weighted by Crippen LogP contribution is 2.27. The molecule has 1 fully saturated rings. The van der Waals surface area contributed by atoms with Gasteiger partial charge in [-0.25, -0.2) is 4.39 Å². The summed E-state index contributed by atoms with van der Waals surface area (Å²) >= 11 is 13.8. The molecule has 35 heavy (non-hydrogen) atoms. The van der Waals surface area contributed by atoms with Crippen molar-refractivity contribution in [3.63, 3.8) is 0 Å². The van der Waals surface area contributed by atoms with E-state index in [-0.39, 0.29) is 30.2 Å². The van der Waals surface area contributed by atoms with Crippen molar-refractivity contribution in [2.45, 2.75) is 51.2 Å². The Balaban J connectivity index is 1.58. The molecule has 1 aliphatic carbocycles. The number of halogens is 3. The molecule has 0 atom stereocenters. The maximum absolute atomic E-state index is 13.7. The number of hydrogen-bond acceptors (Lipinski definition) is 3. The van der Waals surface area contributed by atoms with E-state index < -0.39 is 0 Å². The zero-order chi connectivity index (χ0) is 24.8. The van der Waals surface area contributed by atoms with Crippen molar-refractivity contribution in [1.29, 1.82) is 0 Å². The predicted octanol–water partition coefficient (Wildman–Crippen LogP) is 7.20. The van der Waals surface area contributed by atoms with Gasteiger partial charge in [0.05, 0.1) is 16.6 Å². The van der Waals surface area contributed by atoms with Crippen LogP contribution in [0.15, 0.2) is 60.0 Å². The van der Waals surface area contributed by atoms with Gasteiger partial charge in [-0.05, 0) is 60.2 Å². The summed E-state index contributed by atoms with van der Waals surface area (Å²) in [5.74, 6) is -0.691. The van der Waals surface area contributed by atoms with Crippen LogP contribution >= 0.6 is 34.5 Å². The van der Waals surface area contributed by atoms with Gasteiger partial charge in [-0.2, -0.15) is 0 Å². The van der Waals surface area contributed by atoms with Crippen LogP contribution in [0.25, 0.3) is 0 Å². The van der Waals surface area contributed by atoms with Crippen LogP contribution in [-0.2, 0) is 17.9 Å². The molecule has 0 unspecified atom stereocenters. The fourth-order valence-corrected chi connectivity index (χ4v) is 5.45. The minimum Gasteiger partial charge on any atom is -0.332 e. The number of carbonyl (C=O) groups excluding carboxylic acids is 2. The van der Waals surface area contributed by atoms with Crippen molar-refractivity contribution in [1.82, 2.24) is 9.80 Å². The Kier molecular flexibility index (Phi) is 8.82. The Labute approximate surface area is 219 Å². The van der Waals surface area contributed by atoms with Crippen molar-refractivity contribution in [3.8, 4) is 0 Å². The van der Waals surface area contributed by atoms with Crippen LogP contribution in [0.3, 0.4) is 0 Å². The maximum Gasteiger partial charge on any atom is 0.254 e. The Morgan fingerprint density at radius 1 is 0.943 bits per heavy atom. The molecule has 2 aromatic carbocycles. The second-order valence-electron chi connectivity index (χ2n) is 8.81. The number of nitrogens with zero attached hydrogens (tertiary/aromatic N) is 2. The molecular formula is C27H27Cl2FN2O2S. The molecule has 2 amide bonds. The SMILES string of the molecule is O=C(CN(C(=O)c1ccc(Cl)c(Cl)c1)C1CCCCC1)N(Cc1ccc(F)cc1)Cc1cccs1. The smallest absolute Gasteiger partial charge is 0.254 e. The number of carbonyl (C=O) groups is 2. The topological polar surface area (TPSA) is 40.6 Å². The standard InChI is InChI=1S/C27H27Cl2FN2O2S/c28-24-13-10-20(15-25(24)29)27(34)32(22-5-2-1-3-6-22)18-26(33)31(17-23-7-4-14-35-23)16-19-8-11-21(30)12-9-19/h4,7-15,22H,1-3,5-6,16-18H2. The quantitative estimate of drug-likeness (QED) is 0.307. The molecule has 0 saturated heterocycles. The molecule has 4 rings (SSSR count). The Hall–Kier alpha value is -2.41. The maximum atomic E-state index is 13.7. The molecule has 1 heterocycles. The molecule has 0 aliphatic heterocycles. The van der Waals surface area contributed by atoms with Gasteiger partial charge in [0.15, 0.2) is 0 Å². The summed E-state index contributed by atoms with van der Waals surface area (Å²) in [6.07, 6.45) is 4.91. The van der Waals surface area contributed by atoms with Gasteiger partial charge in [0.1, 0.15) is 12.4 Å². The van der Waals surface area contributed by atoms with Crippen molar-refractivity contribution in [2.75, 3.05) is 6.54 Å². The summed E-state index contributed by atoms with van der Waals surface area (Å²) in [5, 5.41) is 2.66. The van der Waals surface area contributed by atoms with E-state index in [4.69, 9.17) is 23.2 Å². The first-order chi connectivity index (χ1) is 16.9. The summed E-state index contributed by atoms with van der Waals surface area (Å²) in [6, 6.07) is 14.9. The Morgan fingerprint density at radius 3 is 2.34 bits per heavy atom. The molecule has 1 aliphatic rings. The minimum absolute atomic E-state index is 0.0101. The molecule has 184 valence electrons. The average molecular weight is 533 g/mol. The molecule has 1 aromatic heterocycles. The van der Waals surface area contributed by atoms with Crippen LogP contribution in [-0.4, -0.2) is 34.2 Å². The van der Waals surface area contributed by atoms with Gasteiger partial charge >= 0.3 is 0 Å². The van der Waals surface area contributed by atoms with Crippen molar-refractivity contribution < 1.29 is 14.0 Å². The first-order valence-corrected chi connectivity index (χ1v) is 13.3. The Morgan fingerprint density at radius 2 is 1.69 bits per heavy atom. The van der Waals surface area contributed by atoms with Crippen LogP contribution in [0, 0.1) is 5.82 Å². The largest absolute Gasteiger partial charge is 0.332 e. The first kappa shape index (κ1) is 25.7.